The number of hydrogen-bond acceptors (Lipinski definition) is 6. The topological polar surface area (TPSA) is 78.9 Å². The van der Waals surface area contributed by atoms with Gasteiger partial charge in [-0.25, -0.2) is 0 Å². The van der Waals surface area contributed by atoms with Gasteiger partial charge < -0.3 is 14.2 Å². The number of unbranched alkanes of at least 4 members (excludes halogenated alkanes) is 36. The molecule has 0 saturated heterocycles. The number of allylic oxidation sites excluding steroid dienone is 6. The lowest BCUT2D eigenvalue weighted by atomic mass is 10.0. The van der Waals surface area contributed by atoms with Crippen LogP contribution in [0.3, 0.4) is 0 Å². The lowest BCUT2D eigenvalue weighted by Gasteiger charge is -2.18. The normalized spacial score (nSPS) is 12.2. The Balaban J connectivity index is 3.97. The molecule has 0 saturated carbocycles. The van der Waals surface area contributed by atoms with E-state index >= 15 is 0 Å². The van der Waals surface area contributed by atoms with Crippen LogP contribution in [0.25, 0.3) is 0 Å². The summed E-state index contributed by atoms with van der Waals surface area (Å²) in [7, 11) is 0. The second-order valence-corrected chi connectivity index (χ2v) is 19.6. The Labute approximate surface area is 410 Å². The third-order valence-corrected chi connectivity index (χ3v) is 12.9. The van der Waals surface area contributed by atoms with E-state index in [2.05, 4.69) is 57.2 Å². The first-order valence-electron chi connectivity index (χ1n) is 29.0. The molecule has 0 N–H and O–H groups in total. The van der Waals surface area contributed by atoms with Crippen LogP contribution < -0.4 is 0 Å². The SMILES string of the molecule is CCCCCCC/C=C\C/C=C\C/C=C\CCCCCCCCCCCCCCCCC(=O)OCC(COC(=O)CCCCCCC)OC(=O)CCCCCCCCCCCCCCCC. The van der Waals surface area contributed by atoms with Crippen molar-refractivity contribution in [2.45, 2.75) is 316 Å². The highest BCUT2D eigenvalue weighted by Gasteiger charge is 2.19. The standard InChI is InChI=1S/C60H110O6/c1-4-7-10-13-15-17-19-21-23-24-25-26-27-28-29-30-31-32-33-34-35-36-37-39-40-42-44-47-50-53-59(62)65-56-57(55-64-58(61)52-49-46-12-9-6-3)66-60(63)54-51-48-45-43-41-38-22-20-18-16-14-11-8-5-2/h19,21,24-25,27-28,57H,4-18,20,22-23,26,29-56H2,1-3H3/b21-19-,25-24-,28-27-. The van der Waals surface area contributed by atoms with Gasteiger partial charge in [-0.05, 0) is 57.8 Å². The molecule has 0 aliphatic heterocycles. The fourth-order valence-electron chi connectivity index (χ4n) is 8.51. The summed E-state index contributed by atoms with van der Waals surface area (Å²) in [6.45, 7) is 6.58. The average Bonchev–Trinajstić information content (AvgIpc) is 3.31. The minimum atomic E-state index is -0.764. The minimum Gasteiger partial charge on any atom is -0.462 e. The van der Waals surface area contributed by atoms with Gasteiger partial charge >= 0.3 is 17.9 Å². The molecular formula is C60H110O6. The van der Waals surface area contributed by atoms with E-state index in [1.54, 1.807) is 0 Å². The maximum atomic E-state index is 12.7. The Morgan fingerprint density at radius 2 is 0.545 bits per heavy atom. The molecule has 0 bridgehead atoms. The third kappa shape index (κ3) is 52.6. The van der Waals surface area contributed by atoms with Crippen molar-refractivity contribution in [2.24, 2.45) is 0 Å². The summed E-state index contributed by atoms with van der Waals surface area (Å²) in [5.41, 5.74) is 0. The maximum absolute atomic E-state index is 12.7. The molecule has 1 atom stereocenters. The molecule has 386 valence electrons. The molecule has 66 heavy (non-hydrogen) atoms. The van der Waals surface area contributed by atoms with Crippen LogP contribution in [-0.4, -0.2) is 37.2 Å². The first-order valence-corrected chi connectivity index (χ1v) is 29.0. The van der Waals surface area contributed by atoms with Crippen LogP contribution in [0.15, 0.2) is 36.5 Å². The first-order chi connectivity index (χ1) is 32.5. The molecule has 0 fully saturated rings. The molecule has 6 nitrogen and oxygen atoms in total. The van der Waals surface area contributed by atoms with E-state index in [1.165, 1.54) is 193 Å². The molecule has 6 heteroatoms. The number of carbonyl (C=O) groups excluding carboxylic acids is 3. The Morgan fingerprint density at radius 1 is 0.303 bits per heavy atom. The van der Waals surface area contributed by atoms with Gasteiger partial charge in [0.15, 0.2) is 6.10 Å². The van der Waals surface area contributed by atoms with Gasteiger partial charge in [0.2, 0.25) is 0 Å². The summed E-state index contributed by atoms with van der Waals surface area (Å²) < 4.78 is 16.7. The van der Waals surface area contributed by atoms with E-state index in [4.69, 9.17) is 14.2 Å². The number of ether oxygens (including phenoxy) is 3. The predicted molar refractivity (Wildman–Crippen MR) is 284 cm³/mol. The quantitative estimate of drug-likeness (QED) is 0.0262. The van der Waals surface area contributed by atoms with Crippen LogP contribution in [0.2, 0.25) is 0 Å². The lowest BCUT2D eigenvalue weighted by Crippen LogP contribution is -2.30. The van der Waals surface area contributed by atoms with E-state index in [1.807, 2.05) is 0 Å². The average molecular weight is 928 g/mol. The van der Waals surface area contributed by atoms with Crippen LogP contribution in [0.4, 0.5) is 0 Å². The highest BCUT2D eigenvalue weighted by atomic mass is 16.6. The summed E-state index contributed by atoms with van der Waals surface area (Å²) in [4.78, 5) is 37.7. The van der Waals surface area contributed by atoms with Crippen LogP contribution in [0.5, 0.6) is 0 Å². The van der Waals surface area contributed by atoms with Gasteiger partial charge in [0.05, 0.1) is 0 Å². The fraction of sp³-hybridized carbons (Fsp3) is 0.850. The van der Waals surface area contributed by atoms with Crippen LogP contribution in [0.1, 0.15) is 310 Å². The largest absolute Gasteiger partial charge is 0.462 e. The fourth-order valence-corrected chi connectivity index (χ4v) is 8.51. The van der Waals surface area contributed by atoms with E-state index in [0.717, 1.165) is 77.0 Å². The smallest absolute Gasteiger partial charge is 0.306 e. The number of rotatable bonds is 53. The van der Waals surface area contributed by atoms with E-state index < -0.39 is 6.10 Å². The number of hydrogen-bond donors (Lipinski definition) is 0. The summed E-state index contributed by atoms with van der Waals surface area (Å²) in [6.07, 6.45) is 66.2. The van der Waals surface area contributed by atoms with Crippen molar-refractivity contribution in [1.82, 2.24) is 0 Å². The van der Waals surface area contributed by atoms with E-state index in [-0.39, 0.29) is 31.1 Å². The zero-order valence-corrected chi connectivity index (χ0v) is 44.2. The van der Waals surface area contributed by atoms with Crippen molar-refractivity contribution in [2.75, 3.05) is 13.2 Å². The number of esters is 3. The molecule has 0 heterocycles. The molecular weight excluding hydrogens is 817 g/mol. The molecule has 0 aliphatic rings. The van der Waals surface area contributed by atoms with Gasteiger partial charge in [-0.1, -0.05) is 269 Å². The Kier molecular flexibility index (Phi) is 53.2. The van der Waals surface area contributed by atoms with E-state index in [0.29, 0.717) is 19.3 Å². The Hall–Kier alpha value is -2.37. The highest BCUT2D eigenvalue weighted by molar-refractivity contribution is 5.71. The zero-order chi connectivity index (χ0) is 47.9. The van der Waals surface area contributed by atoms with Crippen LogP contribution >= 0.6 is 0 Å². The summed E-state index contributed by atoms with van der Waals surface area (Å²) in [5, 5.41) is 0. The van der Waals surface area contributed by atoms with Gasteiger partial charge in [-0.2, -0.15) is 0 Å². The van der Waals surface area contributed by atoms with Gasteiger partial charge in [0.1, 0.15) is 13.2 Å². The molecule has 1 unspecified atom stereocenters. The zero-order valence-electron chi connectivity index (χ0n) is 44.2. The van der Waals surface area contributed by atoms with Crippen molar-refractivity contribution in [3.63, 3.8) is 0 Å². The van der Waals surface area contributed by atoms with Gasteiger partial charge in [-0.15, -0.1) is 0 Å². The van der Waals surface area contributed by atoms with Crippen molar-refractivity contribution in [3.05, 3.63) is 36.5 Å². The predicted octanol–water partition coefficient (Wildman–Crippen LogP) is 19.3. The third-order valence-electron chi connectivity index (χ3n) is 12.9. The molecule has 0 aliphatic carbocycles. The van der Waals surface area contributed by atoms with Gasteiger partial charge in [-0.3, -0.25) is 14.4 Å². The van der Waals surface area contributed by atoms with Crippen molar-refractivity contribution < 1.29 is 28.6 Å². The number of carbonyl (C=O) groups is 3. The first kappa shape index (κ1) is 63.6. The second-order valence-electron chi connectivity index (χ2n) is 19.6. The second kappa shape index (κ2) is 55.2. The van der Waals surface area contributed by atoms with Crippen LogP contribution in [-0.2, 0) is 28.6 Å². The lowest BCUT2D eigenvalue weighted by molar-refractivity contribution is -0.167. The van der Waals surface area contributed by atoms with Crippen molar-refractivity contribution >= 4 is 17.9 Å². The molecule has 0 rings (SSSR count). The summed E-state index contributed by atoms with van der Waals surface area (Å²) in [5.74, 6) is -0.868. The molecule has 0 aromatic heterocycles. The van der Waals surface area contributed by atoms with E-state index in [9.17, 15) is 14.4 Å². The maximum Gasteiger partial charge on any atom is 0.306 e. The van der Waals surface area contributed by atoms with Crippen molar-refractivity contribution in [3.8, 4) is 0 Å². The highest BCUT2D eigenvalue weighted by Crippen LogP contribution is 2.17. The Morgan fingerprint density at radius 3 is 0.848 bits per heavy atom. The monoisotopic (exact) mass is 927 g/mol. The van der Waals surface area contributed by atoms with Crippen LogP contribution in [0, 0.1) is 0 Å². The summed E-state index contributed by atoms with van der Waals surface area (Å²) >= 11 is 0. The molecule has 0 radical (unpaired) electrons. The summed E-state index contributed by atoms with van der Waals surface area (Å²) in [6, 6.07) is 0. The molecule has 0 spiro atoms. The minimum absolute atomic E-state index is 0.0685. The van der Waals surface area contributed by atoms with Crippen molar-refractivity contribution in [1.29, 1.82) is 0 Å². The van der Waals surface area contributed by atoms with Gasteiger partial charge in [0, 0.05) is 19.3 Å². The Bertz CT molecular complexity index is 1110. The molecule has 0 aromatic rings. The molecule has 0 aromatic carbocycles. The molecule has 0 amide bonds. The van der Waals surface area contributed by atoms with Gasteiger partial charge in [0.25, 0.3) is 0 Å².